The van der Waals surface area contributed by atoms with Gasteiger partial charge in [-0.1, -0.05) is 12.1 Å². The highest BCUT2D eigenvalue weighted by Crippen LogP contribution is 2.26. The summed E-state index contributed by atoms with van der Waals surface area (Å²) in [7, 11) is 0. The summed E-state index contributed by atoms with van der Waals surface area (Å²) in [4.78, 5) is 12.4. The Balaban J connectivity index is 1.64. The van der Waals surface area contributed by atoms with E-state index in [1.807, 2.05) is 12.1 Å². The van der Waals surface area contributed by atoms with E-state index in [1.165, 1.54) is 5.56 Å². The van der Waals surface area contributed by atoms with Crippen LogP contribution in [0.15, 0.2) is 18.2 Å². The lowest BCUT2D eigenvalue weighted by molar-refractivity contribution is 0.0643. The lowest BCUT2D eigenvalue weighted by Crippen LogP contribution is -2.33. The maximum Gasteiger partial charge on any atom is 0.253 e. The molecule has 0 atom stereocenters. The Kier molecular flexibility index (Phi) is 4.21. The number of anilines is 1. The van der Waals surface area contributed by atoms with Crippen molar-refractivity contribution in [1.29, 1.82) is 0 Å². The van der Waals surface area contributed by atoms with Crippen molar-refractivity contribution in [1.82, 2.24) is 5.32 Å². The summed E-state index contributed by atoms with van der Waals surface area (Å²) in [5, 5.41) is 6.45. The molecule has 2 aliphatic rings. The van der Waals surface area contributed by atoms with E-state index in [9.17, 15) is 4.79 Å². The van der Waals surface area contributed by atoms with Crippen molar-refractivity contribution < 1.29 is 9.53 Å². The third kappa shape index (κ3) is 2.96. The minimum absolute atomic E-state index is 0.0442. The van der Waals surface area contributed by atoms with Crippen molar-refractivity contribution in [2.45, 2.75) is 25.7 Å². The van der Waals surface area contributed by atoms with Gasteiger partial charge >= 0.3 is 0 Å². The first-order valence-corrected chi connectivity index (χ1v) is 7.56. The number of para-hydroxylation sites is 1. The van der Waals surface area contributed by atoms with Crippen molar-refractivity contribution in [3.05, 3.63) is 29.3 Å². The Morgan fingerprint density at radius 2 is 2.20 bits per heavy atom. The molecule has 4 nitrogen and oxygen atoms in total. The summed E-state index contributed by atoms with van der Waals surface area (Å²) in [5.41, 5.74) is 3.08. The molecular weight excluding hydrogens is 252 g/mol. The number of carbonyl (C=O) groups excluding carboxylic acids is 1. The number of rotatable bonds is 3. The van der Waals surface area contributed by atoms with E-state index in [0.717, 1.165) is 63.2 Å². The second kappa shape index (κ2) is 6.27. The molecule has 1 saturated heterocycles. The quantitative estimate of drug-likeness (QED) is 0.888. The van der Waals surface area contributed by atoms with Crippen LogP contribution in [0.4, 0.5) is 5.69 Å². The fourth-order valence-electron chi connectivity index (χ4n) is 2.98. The minimum atomic E-state index is 0.0442. The van der Waals surface area contributed by atoms with E-state index < -0.39 is 0 Å². The molecule has 2 N–H and O–H groups in total. The molecule has 0 radical (unpaired) electrons. The SMILES string of the molecule is O=C(NCC1CCOCC1)c1cccc2c1NCCC2. The van der Waals surface area contributed by atoms with Crippen molar-refractivity contribution in [2.75, 3.05) is 31.6 Å². The zero-order chi connectivity index (χ0) is 13.8. The Bertz CT molecular complexity index is 481. The van der Waals surface area contributed by atoms with Gasteiger partial charge < -0.3 is 15.4 Å². The molecule has 1 aromatic rings. The second-order valence-electron chi connectivity index (χ2n) is 5.64. The van der Waals surface area contributed by atoms with Crippen molar-refractivity contribution in [3.63, 3.8) is 0 Å². The van der Waals surface area contributed by atoms with Gasteiger partial charge in [-0.25, -0.2) is 0 Å². The zero-order valence-electron chi connectivity index (χ0n) is 11.8. The average Bonchev–Trinajstić information content (AvgIpc) is 2.53. The number of hydrogen-bond donors (Lipinski definition) is 2. The largest absolute Gasteiger partial charge is 0.384 e. The van der Waals surface area contributed by atoms with E-state index in [0.29, 0.717) is 5.92 Å². The van der Waals surface area contributed by atoms with Crippen LogP contribution in [0.5, 0.6) is 0 Å². The predicted octanol–water partition coefficient (Wildman–Crippen LogP) is 2.20. The molecule has 0 spiro atoms. The van der Waals surface area contributed by atoms with Gasteiger partial charge in [-0.15, -0.1) is 0 Å². The van der Waals surface area contributed by atoms with Gasteiger partial charge in [0.2, 0.25) is 0 Å². The number of fused-ring (bicyclic) bond motifs is 1. The molecule has 1 aromatic carbocycles. The first-order chi connectivity index (χ1) is 9.84. The van der Waals surface area contributed by atoms with Crippen LogP contribution in [0, 0.1) is 5.92 Å². The number of ether oxygens (including phenoxy) is 1. The fraction of sp³-hybridized carbons (Fsp3) is 0.562. The highest BCUT2D eigenvalue weighted by Gasteiger charge is 2.19. The van der Waals surface area contributed by atoms with Crippen LogP contribution in [-0.4, -0.2) is 32.2 Å². The van der Waals surface area contributed by atoms with Gasteiger partial charge in [0.05, 0.1) is 11.3 Å². The van der Waals surface area contributed by atoms with E-state index in [-0.39, 0.29) is 5.91 Å². The first kappa shape index (κ1) is 13.4. The maximum absolute atomic E-state index is 12.4. The van der Waals surface area contributed by atoms with Gasteiger partial charge in [0.25, 0.3) is 5.91 Å². The standard InChI is InChI=1S/C16H22N2O2/c19-16(18-11-12-6-9-20-10-7-12)14-5-1-3-13-4-2-8-17-15(13)14/h1,3,5,12,17H,2,4,6-11H2,(H,18,19). The molecule has 1 fully saturated rings. The highest BCUT2D eigenvalue weighted by molar-refractivity contribution is 6.00. The Labute approximate surface area is 119 Å². The molecule has 20 heavy (non-hydrogen) atoms. The monoisotopic (exact) mass is 274 g/mol. The Hall–Kier alpha value is -1.55. The second-order valence-corrected chi connectivity index (χ2v) is 5.64. The minimum Gasteiger partial charge on any atom is -0.384 e. The maximum atomic E-state index is 12.4. The molecule has 0 saturated carbocycles. The summed E-state index contributed by atoms with van der Waals surface area (Å²) in [6.07, 6.45) is 4.29. The van der Waals surface area contributed by atoms with Gasteiger partial charge in [-0.05, 0) is 43.2 Å². The number of hydrogen-bond acceptors (Lipinski definition) is 3. The van der Waals surface area contributed by atoms with Gasteiger partial charge in [0.15, 0.2) is 0 Å². The van der Waals surface area contributed by atoms with Crippen LogP contribution in [0.2, 0.25) is 0 Å². The van der Waals surface area contributed by atoms with Crippen LogP contribution < -0.4 is 10.6 Å². The number of amides is 1. The lowest BCUT2D eigenvalue weighted by atomic mass is 9.98. The third-order valence-electron chi connectivity index (χ3n) is 4.21. The third-order valence-corrected chi connectivity index (χ3v) is 4.21. The zero-order valence-corrected chi connectivity index (χ0v) is 11.8. The van der Waals surface area contributed by atoms with Crippen LogP contribution in [0.25, 0.3) is 0 Å². The van der Waals surface area contributed by atoms with Gasteiger partial charge in [0, 0.05) is 26.3 Å². The highest BCUT2D eigenvalue weighted by atomic mass is 16.5. The summed E-state index contributed by atoms with van der Waals surface area (Å²) < 4.78 is 5.34. The van der Waals surface area contributed by atoms with Gasteiger partial charge in [-0.3, -0.25) is 4.79 Å². The number of carbonyl (C=O) groups is 1. The first-order valence-electron chi connectivity index (χ1n) is 7.56. The fourth-order valence-corrected chi connectivity index (χ4v) is 2.98. The molecule has 2 aliphatic heterocycles. The molecule has 0 aliphatic carbocycles. The lowest BCUT2D eigenvalue weighted by Gasteiger charge is -2.23. The van der Waals surface area contributed by atoms with Gasteiger partial charge in [-0.2, -0.15) is 0 Å². The summed E-state index contributed by atoms with van der Waals surface area (Å²) in [5.74, 6) is 0.600. The summed E-state index contributed by atoms with van der Waals surface area (Å²) in [6.45, 7) is 3.36. The summed E-state index contributed by atoms with van der Waals surface area (Å²) in [6, 6.07) is 6.00. The molecular formula is C16H22N2O2. The van der Waals surface area contributed by atoms with Crippen LogP contribution >= 0.6 is 0 Å². The average molecular weight is 274 g/mol. The smallest absolute Gasteiger partial charge is 0.253 e. The molecule has 3 rings (SSSR count). The molecule has 4 heteroatoms. The molecule has 0 bridgehead atoms. The Morgan fingerprint density at radius 3 is 3.05 bits per heavy atom. The van der Waals surface area contributed by atoms with Crippen LogP contribution in [0.3, 0.4) is 0 Å². The van der Waals surface area contributed by atoms with Crippen molar-refractivity contribution in [2.24, 2.45) is 5.92 Å². The summed E-state index contributed by atoms with van der Waals surface area (Å²) >= 11 is 0. The van der Waals surface area contributed by atoms with E-state index in [4.69, 9.17) is 4.74 Å². The normalized spacial score (nSPS) is 19.0. The molecule has 0 unspecified atom stereocenters. The number of aryl methyl sites for hydroxylation is 1. The predicted molar refractivity (Wildman–Crippen MR) is 79.1 cm³/mol. The van der Waals surface area contributed by atoms with Gasteiger partial charge in [0.1, 0.15) is 0 Å². The van der Waals surface area contributed by atoms with Crippen LogP contribution in [0.1, 0.15) is 35.2 Å². The van der Waals surface area contributed by atoms with E-state index >= 15 is 0 Å². The van der Waals surface area contributed by atoms with Crippen molar-refractivity contribution in [3.8, 4) is 0 Å². The van der Waals surface area contributed by atoms with E-state index in [2.05, 4.69) is 16.7 Å². The van der Waals surface area contributed by atoms with Crippen molar-refractivity contribution >= 4 is 11.6 Å². The molecule has 0 aromatic heterocycles. The molecule has 108 valence electrons. The van der Waals surface area contributed by atoms with Crippen LogP contribution in [-0.2, 0) is 11.2 Å². The van der Waals surface area contributed by atoms with E-state index in [1.54, 1.807) is 0 Å². The Morgan fingerprint density at radius 1 is 1.35 bits per heavy atom. The molecule has 2 heterocycles. The molecule has 1 amide bonds. The topological polar surface area (TPSA) is 50.4 Å². The number of nitrogens with one attached hydrogen (secondary N) is 2. The number of benzene rings is 1.